The quantitative estimate of drug-likeness (QED) is 0.677. The van der Waals surface area contributed by atoms with Crippen molar-refractivity contribution < 1.29 is 13.7 Å². The van der Waals surface area contributed by atoms with Crippen LogP contribution in [0, 0.1) is 19.7 Å². The van der Waals surface area contributed by atoms with Gasteiger partial charge in [0.25, 0.3) is 5.89 Å². The minimum absolute atomic E-state index is 0.272. The summed E-state index contributed by atoms with van der Waals surface area (Å²) in [4.78, 5) is 11.3. The second-order valence-corrected chi connectivity index (χ2v) is 8.23. The van der Waals surface area contributed by atoms with Crippen LogP contribution in [-0.2, 0) is 11.2 Å². The molecule has 2 aromatic heterocycles. The third kappa shape index (κ3) is 4.55. The van der Waals surface area contributed by atoms with Crippen molar-refractivity contribution in [1.82, 2.24) is 15.1 Å². The third-order valence-electron chi connectivity index (χ3n) is 5.86. The third-order valence-corrected chi connectivity index (χ3v) is 5.86. The van der Waals surface area contributed by atoms with Gasteiger partial charge >= 0.3 is 0 Å². The molecule has 2 aliphatic rings. The Kier molecular flexibility index (Phi) is 6.48. The number of aryl methyl sites for hydroxylation is 3. The number of nitrogens with zero attached hydrogens (tertiary/aromatic N) is 4. The van der Waals surface area contributed by atoms with Crippen molar-refractivity contribution in [1.29, 1.82) is 0 Å². The molecule has 2 fully saturated rings. The molecule has 1 atom stereocenters. The number of nitrogens with two attached hydrogens (primary N) is 1. The molecule has 5 rings (SSSR count). The van der Waals surface area contributed by atoms with E-state index in [-0.39, 0.29) is 5.82 Å². The van der Waals surface area contributed by atoms with E-state index < -0.39 is 0 Å². The number of hydrogen-bond donors (Lipinski definition) is 1. The van der Waals surface area contributed by atoms with Crippen LogP contribution >= 0.6 is 0 Å². The molecule has 1 unspecified atom stereocenters. The number of fused-ring (bicyclic) bond motifs is 1. The Balaban J connectivity index is 0.000000334. The zero-order valence-corrected chi connectivity index (χ0v) is 18.4. The molecule has 1 aromatic carbocycles. The van der Waals surface area contributed by atoms with E-state index >= 15 is 0 Å². The Morgan fingerprint density at radius 2 is 1.97 bits per heavy atom. The Morgan fingerprint density at radius 1 is 1.19 bits per heavy atom. The number of aromatic nitrogens is 3. The monoisotopic (exact) mass is 427 g/mol. The van der Waals surface area contributed by atoms with Crippen LogP contribution in [-0.4, -0.2) is 47.5 Å². The lowest BCUT2D eigenvalue weighted by molar-refractivity contribution is 0.194. The van der Waals surface area contributed by atoms with Gasteiger partial charge in [-0.25, -0.2) is 9.37 Å². The molecule has 3 aromatic rings. The molecule has 31 heavy (non-hydrogen) atoms. The average Bonchev–Trinajstić information content (AvgIpc) is 3.52. The zero-order valence-electron chi connectivity index (χ0n) is 18.4. The molecular formula is C23H30FN5O2. The molecule has 0 spiro atoms. The second-order valence-electron chi connectivity index (χ2n) is 8.23. The number of rotatable bonds is 3. The Labute approximate surface area is 181 Å². The van der Waals surface area contributed by atoms with Gasteiger partial charge in [-0.15, -0.1) is 0 Å². The number of anilines is 1. The van der Waals surface area contributed by atoms with E-state index in [1.54, 1.807) is 13.0 Å². The van der Waals surface area contributed by atoms with Gasteiger partial charge < -0.3 is 19.9 Å². The summed E-state index contributed by atoms with van der Waals surface area (Å²) in [6.45, 7) is 9.24. The lowest BCUT2D eigenvalue weighted by atomic mass is 10.00. The molecular weight excluding hydrogens is 397 g/mol. The Hall–Kier alpha value is -2.58. The summed E-state index contributed by atoms with van der Waals surface area (Å²) in [6.07, 6.45) is 4.03. The SMILES string of the molecule is CCc1cc(F)c2nc(N3CCCC3)c(-c3nc(C)no3)c(C)c2c1.NC1CCOC1. The standard InChI is InChI=1S/C19H21FN4O.C4H9NO/c1-4-13-9-14-11(2)16(19-21-12(3)23-25-19)18(24-7-5-6-8-24)22-17(14)15(20)10-13;5-4-1-2-6-3-4/h9-10H,4-8H2,1-3H3;4H,1-3,5H2. The summed E-state index contributed by atoms with van der Waals surface area (Å²) in [7, 11) is 0. The van der Waals surface area contributed by atoms with E-state index in [4.69, 9.17) is 20.0 Å². The minimum Gasteiger partial charge on any atom is -0.380 e. The molecule has 2 N–H and O–H groups in total. The van der Waals surface area contributed by atoms with Crippen molar-refractivity contribution in [2.24, 2.45) is 5.73 Å². The van der Waals surface area contributed by atoms with E-state index in [9.17, 15) is 4.39 Å². The summed E-state index contributed by atoms with van der Waals surface area (Å²) in [5.41, 5.74) is 8.54. The van der Waals surface area contributed by atoms with Crippen LogP contribution in [0.5, 0.6) is 0 Å². The van der Waals surface area contributed by atoms with Crippen molar-refractivity contribution in [3.8, 4) is 11.5 Å². The maximum Gasteiger partial charge on any atom is 0.261 e. The van der Waals surface area contributed by atoms with Gasteiger partial charge in [-0.3, -0.25) is 0 Å². The summed E-state index contributed by atoms with van der Waals surface area (Å²) in [5, 5.41) is 4.74. The molecule has 4 heterocycles. The highest BCUT2D eigenvalue weighted by Crippen LogP contribution is 2.38. The lowest BCUT2D eigenvalue weighted by Crippen LogP contribution is -2.20. The minimum atomic E-state index is -0.272. The Morgan fingerprint density at radius 3 is 2.52 bits per heavy atom. The van der Waals surface area contributed by atoms with Crippen LogP contribution < -0.4 is 10.6 Å². The maximum absolute atomic E-state index is 14.7. The number of hydrogen-bond acceptors (Lipinski definition) is 7. The van der Waals surface area contributed by atoms with Crippen molar-refractivity contribution in [3.05, 3.63) is 34.9 Å². The first kappa shape index (κ1) is 21.6. The normalized spacial score (nSPS) is 18.5. The zero-order chi connectivity index (χ0) is 22.0. The van der Waals surface area contributed by atoms with Gasteiger partial charge in [0, 0.05) is 31.1 Å². The van der Waals surface area contributed by atoms with E-state index in [1.165, 1.54) is 0 Å². The van der Waals surface area contributed by atoms with Crippen LogP contribution in [0.15, 0.2) is 16.7 Å². The van der Waals surface area contributed by atoms with E-state index in [1.807, 2.05) is 19.9 Å². The van der Waals surface area contributed by atoms with Gasteiger partial charge in [-0.05, 0) is 62.8 Å². The van der Waals surface area contributed by atoms with Gasteiger partial charge in [0.2, 0.25) is 0 Å². The molecule has 0 aliphatic carbocycles. The topological polar surface area (TPSA) is 90.3 Å². The van der Waals surface area contributed by atoms with Gasteiger partial charge in [-0.1, -0.05) is 12.1 Å². The molecule has 0 bridgehead atoms. The number of ether oxygens (including phenoxy) is 1. The molecule has 0 radical (unpaired) electrons. The molecule has 8 heteroatoms. The predicted molar refractivity (Wildman–Crippen MR) is 119 cm³/mol. The number of benzene rings is 1. The van der Waals surface area contributed by atoms with E-state index in [0.29, 0.717) is 23.3 Å². The van der Waals surface area contributed by atoms with Crippen molar-refractivity contribution in [3.63, 3.8) is 0 Å². The fourth-order valence-corrected chi connectivity index (χ4v) is 4.09. The van der Waals surface area contributed by atoms with Gasteiger partial charge in [0.15, 0.2) is 5.82 Å². The van der Waals surface area contributed by atoms with Crippen LogP contribution in [0.25, 0.3) is 22.4 Å². The van der Waals surface area contributed by atoms with Gasteiger partial charge in [0.05, 0.1) is 12.2 Å². The van der Waals surface area contributed by atoms with Crippen LogP contribution in [0.4, 0.5) is 10.2 Å². The lowest BCUT2D eigenvalue weighted by Gasteiger charge is -2.21. The van der Waals surface area contributed by atoms with E-state index in [2.05, 4.69) is 15.0 Å². The first-order chi connectivity index (χ1) is 15.0. The highest BCUT2D eigenvalue weighted by Gasteiger charge is 2.25. The summed E-state index contributed by atoms with van der Waals surface area (Å²) < 4.78 is 25.1. The van der Waals surface area contributed by atoms with Gasteiger partial charge in [0.1, 0.15) is 17.2 Å². The molecule has 2 aliphatic heterocycles. The largest absolute Gasteiger partial charge is 0.380 e. The predicted octanol–water partition coefficient (Wildman–Crippen LogP) is 3.94. The fraction of sp³-hybridized carbons (Fsp3) is 0.522. The molecule has 0 amide bonds. The highest BCUT2D eigenvalue weighted by atomic mass is 19.1. The highest BCUT2D eigenvalue weighted by molar-refractivity contribution is 5.93. The van der Waals surface area contributed by atoms with Crippen LogP contribution in [0.3, 0.4) is 0 Å². The fourth-order valence-electron chi connectivity index (χ4n) is 4.09. The molecule has 2 saturated heterocycles. The smallest absolute Gasteiger partial charge is 0.261 e. The Bertz CT molecular complexity index is 1060. The van der Waals surface area contributed by atoms with Crippen LogP contribution in [0.1, 0.15) is 43.1 Å². The average molecular weight is 428 g/mol. The van der Waals surface area contributed by atoms with Gasteiger partial charge in [-0.2, -0.15) is 4.98 Å². The van der Waals surface area contributed by atoms with Crippen molar-refractivity contribution in [2.45, 2.75) is 52.5 Å². The first-order valence-corrected chi connectivity index (χ1v) is 11.0. The number of pyridine rings is 1. The summed E-state index contributed by atoms with van der Waals surface area (Å²) in [5.74, 6) is 1.50. The number of halogens is 1. The first-order valence-electron chi connectivity index (χ1n) is 11.0. The second kappa shape index (κ2) is 9.28. The summed E-state index contributed by atoms with van der Waals surface area (Å²) >= 11 is 0. The maximum atomic E-state index is 14.7. The van der Waals surface area contributed by atoms with Crippen molar-refractivity contribution >= 4 is 16.7 Å². The molecule has 166 valence electrons. The summed E-state index contributed by atoms with van der Waals surface area (Å²) in [6, 6.07) is 3.92. The van der Waals surface area contributed by atoms with Crippen molar-refractivity contribution in [2.75, 3.05) is 31.2 Å². The van der Waals surface area contributed by atoms with E-state index in [0.717, 1.165) is 79.9 Å². The molecule has 0 saturated carbocycles. The van der Waals surface area contributed by atoms with Crippen LogP contribution in [0.2, 0.25) is 0 Å². The molecule has 7 nitrogen and oxygen atoms in total.